The van der Waals surface area contributed by atoms with Crippen molar-refractivity contribution in [3.8, 4) is 0 Å². The summed E-state index contributed by atoms with van der Waals surface area (Å²) in [5.74, 6) is 0.493. The van der Waals surface area contributed by atoms with Crippen LogP contribution in [0.4, 0.5) is 11.4 Å². The number of pyridine rings is 1. The average molecular weight is 265 g/mol. The number of aromatic nitrogens is 1. The van der Waals surface area contributed by atoms with Gasteiger partial charge in [-0.1, -0.05) is 19.8 Å². The van der Waals surface area contributed by atoms with Gasteiger partial charge in [0.05, 0.1) is 10.5 Å². The van der Waals surface area contributed by atoms with Gasteiger partial charge in [-0.3, -0.25) is 15.1 Å². The van der Waals surface area contributed by atoms with Gasteiger partial charge >= 0.3 is 5.69 Å². The van der Waals surface area contributed by atoms with Gasteiger partial charge in [0.1, 0.15) is 11.9 Å². The van der Waals surface area contributed by atoms with Gasteiger partial charge in [0.25, 0.3) is 0 Å². The molecule has 0 aliphatic heterocycles. The van der Waals surface area contributed by atoms with Gasteiger partial charge in [0, 0.05) is 12.7 Å². The lowest BCUT2D eigenvalue weighted by molar-refractivity contribution is -0.384. The van der Waals surface area contributed by atoms with Crippen LogP contribution >= 0.6 is 0 Å². The maximum atomic E-state index is 10.9. The molecule has 1 aliphatic rings. The highest BCUT2D eigenvalue weighted by Crippen LogP contribution is 2.33. The predicted molar refractivity (Wildman–Crippen MR) is 72.0 cm³/mol. The van der Waals surface area contributed by atoms with E-state index in [-0.39, 0.29) is 5.69 Å². The van der Waals surface area contributed by atoms with E-state index in [1.807, 2.05) is 0 Å². The molecular weight excluding hydrogens is 246 g/mol. The summed E-state index contributed by atoms with van der Waals surface area (Å²) < 4.78 is 0. The number of nitrogens with zero attached hydrogens (tertiary/aromatic N) is 2. The third-order valence-corrected chi connectivity index (χ3v) is 3.67. The molecule has 19 heavy (non-hydrogen) atoms. The first-order valence-corrected chi connectivity index (χ1v) is 6.55. The lowest BCUT2D eigenvalue weighted by atomic mass is 9.79. The minimum atomic E-state index is -0.769. The van der Waals surface area contributed by atoms with Crippen LogP contribution in [0, 0.1) is 16.0 Å². The summed E-state index contributed by atoms with van der Waals surface area (Å²) in [5.41, 5.74) is -0.420. The standard InChI is InChI=1S/C13H19N3O3/c1-10-3-2-5-13(17,7-10)9-15-11-4-6-14-8-12(11)16(18)19/h4,6,8,10,17H,2-3,5,7,9H2,1H3,(H,14,15). The number of aliphatic hydroxyl groups is 1. The molecule has 0 spiro atoms. The Morgan fingerprint density at radius 1 is 1.68 bits per heavy atom. The van der Waals surface area contributed by atoms with Crippen LogP contribution < -0.4 is 5.32 Å². The normalized spacial score (nSPS) is 26.9. The van der Waals surface area contributed by atoms with Gasteiger partial charge < -0.3 is 10.4 Å². The molecule has 6 nitrogen and oxygen atoms in total. The van der Waals surface area contributed by atoms with Crippen LogP contribution in [0.2, 0.25) is 0 Å². The lowest BCUT2D eigenvalue weighted by Gasteiger charge is -2.35. The molecule has 6 heteroatoms. The third-order valence-electron chi connectivity index (χ3n) is 3.67. The molecule has 2 rings (SSSR count). The highest BCUT2D eigenvalue weighted by molar-refractivity contribution is 5.59. The van der Waals surface area contributed by atoms with E-state index in [2.05, 4.69) is 17.2 Å². The molecule has 0 aromatic carbocycles. The van der Waals surface area contributed by atoms with E-state index in [0.717, 1.165) is 25.7 Å². The topological polar surface area (TPSA) is 88.3 Å². The molecule has 0 amide bonds. The van der Waals surface area contributed by atoms with Crippen LogP contribution in [0.25, 0.3) is 0 Å². The fourth-order valence-electron chi connectivity index (χ4n) is 2.73. The van der Waals surface area contributed by atoms with Crippen LogP contribution in [0.5, 0.6) is 0 Å². The number of rotatable bonds is 4. The zero-order valence-corrected chi connectivity index (χ0v) is 11.0. The highest BCUT2D eigenvalue weighted by Gasteiger charge is 2.32. The largest absolute Gasteiger partial charge is 0.388 e. The summed E-state index contributed by atoms with van der Waals surface area (Å²) in [7, 11) is 0. The van der Waals surface area contributed by atoms with Crippen LogP contribution in [0.1, 0.15) is 32.6 Å². The van der Waals surface area contributed by atoms with Crippen molar-refractivity contribution in [2.75, 3.05) is 11.9 Å². The summed E-state index contributed by atoms with van der Waals surface area (Å²) in [6.07, 6.45) is 6.33. The minimum Gasteiger partial charge on any atom is -0.388 e. The van der Waals surface area contributed by atoms with Crippen molar-refractivity contribution in [1.29, 1.82) is 0 Å². The number of anilines is 1. The van der Waals surface area contributed by atoms with E-state index in [1.54, 1.807) is 6.07 Å². The number of nitro groups is 1. The van der Waals surface area contributed by atoms with Gasteiger partial charge in [-0.2, -0.15) is 0 Å². The first-order valence-electron chi connectivity index (χ1n) is 6.55. The Morgan fingerprint density at radius 3 is 3.16 bits per heavy atom. The first-order chi connectivity index (χ1) is 9.00. The second-order valence-corrected chi connectivity index (χ2v) is 5.43. The zero-order chi connectivity index (χ0) is 13.9. The second-order valence-electron chi connectivity index (χ2n) is 5.43. The Labute approximate surface area is 112 Å². The number of hydrogen-bond acceptors (Lipinski definition) is 5. The van der Waals surface area contributed by atoms with Crippen LogP contribution in [0.15, 0.2) is 18.5 Å². The van der Waals surface area contributed by atoms with Crippen molar-refractivity contribution in [2.24, 2.45) is 5.92 Å². The molecular formula is C13H19N3O3. The van der Waals surface area contributed by atoms with Crippen LogP contribution in [-0.4, -0.2) is 27.2 Å². The quantitative estimate of drug-likeness (QED) is 0.644. The molecule has 1 heterocycles. The lowest BCUT2D eigenvalue weighted by Crippen LogP contribution is -2.41. The SMILES string of the molecule is CC1CCCC(O)(CNc2ccncc2[N+](=O)[O-])C1. The second kappa shape index (κ2) is 5.52. The summed E-state index contributed by atoms with van der Waals surface area (Å²) in [5, 5.41) is 24.3. The van der Waals surface area contributed by atoms with Gasteiger partial charge in [-0.15, -0.1) is 0 Å². The molecule has 1 aliphatic carbocycles. The molecule has 1 aromatic heterocycles. The Morgan fingerprint density at radius 2 is 2.47 bits per heavy atom. The van der Waals surface area contributed by atoms with E-state index in [4.69, 9.17) is 0 Å². The maximum Gasteiger partial charge on any atom is 0.310 e. The summed E-state index contributed by atoms with van der Waals surface area (Å²) >= 11 is 0. The van der Waals surface area contributed by atoms with Crippen molar-refractivity contribution in [3.63, 3.8) is 0 Å². The molecule has 2 N–H and O–H groups in total. The molecule has 0 radical (unpaired) electrons. The molecule has 1 aromatic rings. The summed E-state index contributed by atoms with van der Waals surface area (Å²) in [6.45, 7) is 2.46. The van der Waals surface area contributed by atoms with Crippen molar-refractivity contribution >= 4 is 11.4 Å². The Bertz CT molecular complexity index is 466. The third kappa shape index (κ3) is 3.41. The Balaban J connectivity index is 2.04. The molecule has 2 unspecified atom stereocenters. The predicted octanol–water partition coefficient (Wildman–Crippen LogP) is 2.34. The first kappa shape index (κ1) is 13.7. The fourth-order valence-corrected chi connectivity index (χ4v) is 2.73. The van der Waals surface area contributed by atoms with Crippen molar-refractivity contribution in [1.82, 2.24) is 4.98 Å². The maximum absolute atomic E-state index is 10.9. The van der Waals surface area contributed by atoms with Crippen LogP contribution in [-0.2, 0) is 0 Å². The van der Waals surface area contributed by atoms with E-state index in [0.29, 0.717) is 18.2 Å². The van der Waals surface area contributed by atoms with Crippen molar-refractivity contribution in [3.05, 3.63) is 28.6 Å². The highest BCUT2D eigenvalue weighted by atomic mass is 16.6. The molecule has 104 valence electrons. The van der Waals surface area contributed by atoms with Crippen molar-refractivity contribution in [2.45, 2.75) is 38.2 Å². The summed E-state index contributed by atoms with van der Waals surface area (Å²) in [6, 6.07) is 1.56. The van der Waals surface area contributed by atoms with Gasteiger partial charge in [-0.05, 0) is 24.8 Å². The molecule has 1 saturated carbocycles. The van der Waals surface area contributed by atoms with E-state index < -0.39 is 10.5 Å². The van der Waals surface area contributed by atoms with Gasteiger partial charge in [0.15, 0.2) is 0 Å². The summed E-state index contributed by atoms with van der Waals surface area (Å²) in [4.78, 5) is 14.1. The molecule has 2 atom stereocenters. The molecule has 0 saturated heterocycles. The molecule has 0 bridgehead atoms. The molecule has 1 fully saturated rings. The van der Waals surface area contributed by atoms with Gasteiger partial charge in [-0.25, -0.2) is 0 Å². The fraction of sp³-hybridized carbons (Fsp3) is 0.615. The van der Waals surface area contributed by atoms with Gasteiger partial charge in [0.2, 0.25) is 0 Å². The number of nitrogens with one attached hydrogen (secondary N) is 1. The smallest absolute Gasteiger partial charge is 0.310 e. The zero-order valence-electron chi connectivity index (χ0n) is 11.0. The van der Waals surface area contributed by atoms with Crippen molar-refractivity contribution < 1.29 is 10.0 Å². The van der Waals surface area contributed by atoms with E-state index in [9.17, 15) is 15.2 Å². The van der Waals surface area contributed by atoms with E-state index >= 15 is 0 Å². The monoisotopic (exact) mass is 265 g/mol. The minimum absolute atomic E-state index is 0.0602. The average Bonchev–Trinajstić information content (AvgIpc) is 2.36. The van der Waals surface area contributed by atoms with E-state index in [1.165, 1.54) is 12.4 Å². The number of hydrogen-bond donors (Lipinski definition) is 2. The Kier molecular flexibility index (Phi) is 3.99. The Hall–Kier alpha value is -1.69. The van der Waals surface area contributed by atoms with Crippen LogP contribution in [0.3, 0.4) is 0 Å².